The van der Waals surface area contributed by atoms with Gasteiger partial charge in [0, 0.05) is 13.8 Å². The zero-order valence-corrected chi connectivity index (χ0v) is 33.2. The summed E-state index contributed by atoms with van der Waals surface area (Å²) in [5.74, 6) is -1.56. The molecule has 4 fully saturated rings. The standard InChI is InChI=1S/C34H60N2O25/c1-9-18(45)23(50)25(52)32(54-9)61-30-24(51)20(47)14(6-39)57-34(30)59-28-17(36-11(3)43)31(55-15(7-40)21(28)48)60-29-22(49)16(8-41)56-33(26(29)53)58-27(13(44)5-38)19(46)12(4-37)35-10(2)42/h9,12-34,37-41,44-53H,4-8H2,1-3H3,(H,35,42)(H,36,43)/t9-,12-,13+,14+,15+,16+,17+,18+,19+,20-,21+,22-,23+,24-,25-,26+,27-,28+,29-,30+,31-,32-,33-,34-/m0/s1. The van der Waals surface area contributed by atoms with Crippen molar-refractivity contribution in [2.45, 2.75) is 168 Å². The highest BCUT2D eigenvalue weighted by Gasteiger charge is 2.56. The third-order valence-electron chi connectivity index (χ3n) is 10.7. The third kappa shape index (κ3) is 11.8. The summed E-state index contributed by atoms with van der Waals surface area (Å²) in [5, 5.41) is 163. The third-order valence-corrected chi connectivity index (χ3v) is 10.7. The number of hydrogen-bond acceptors (Lipinski definition) is 25. The molecule has 0 bridgehead atoms. The Hall–Kier alpha value is -1.98. The van der Waals surface area contributed by atoms with Crippen LogP contribution in [0, 0.1) is 0 Å². The molecular weight excluding hydrogens is 836 g/mol. The number of ether oxygens (including phenoxy) is 8. The van der Waals surface area contributed by atoms with Crippen molar-refractivity contribution in [2.75, 3.05) is 33.0 Å². The maximum absolute atomic E-state index is 12.7. The van der Waals surface area contributed by atoms with E-state index in [1.54, 1.807) is 0 Å². The lowest BCUT2D eigenvalue weighted by Gasteiger charge is -2.50. The van der Waals surface area contributed by atoms with Crippen LogP contribution >= 0.6 is 0 Å². The summed E-state index contributed by atoms with van der Waals surface area (Å²) < 4.78 is 45.8. The van der Waals surface area contributed by atoms with E-state index in [9.17, 15) is 86.2 Å². The minimum absolute atomic E-state index is 0.719. The van der Waals surface area contributed by atoms with Gasteiger partial charge >= 0.3 is 0 Å². The van der Waals surface area contributed by atoms with E-state index in [1.165, 1.54) is 6.92 Å². The quantitative estimate of drug-likeness (QED) is 0.0607. The molecule has 4 aliphatic rings. The van der Waals surface area contributed by atoms with Crippen LogP contribution in [0.15, 0.2) is 0 Å². The van der Waals surface area contributed by atoms with Gasteiger partial charge in [0.1, 0.15) is 110 Å². The molecule has 0 aromatic carbocycles. The molecule has 4 heterocycles. The SMILES string of the molecule is CC(=O)N[C@H]1[C@H](O[C@H]2[C@@H](O)[C@@H](CO)O[C@@H](O[C@H]([C@H](O)[C@H](CO)NC(C)=O)[C@H](O)CO)[C@@H]2O)O[C@H](CO)[C@@H](O)[C@@H]1O[C@@H]1O[C@H](CO)[C@H](O)[C@H](O)[C@H]1O[C@@H]1O[C@@H](C)[C@@H](O)[C@@H](O)[C@@H]1O. The number of aliphatic hydroxyl groups excluding tert-OH is 15. The Labute approximate surface area is 347 Å². The van der Waals surface area contributed by atoms with Gasteiger partial charge in [-0.05, 0) is 6.92 Å². The first kappa shape index (κ1) is 51.7. The van der Waals surface area contributed by atoms with Gasteiger partial charge in [-0.3, -0.25) is 9.59 Å². The molecule has 0 aliphatic carbocycles. The smallest absolute Gasteiger partial charge is 0.217 e. The molecule has 24 atom stereocenters. The van der Waals surface area contributed by atoms with Crippen molar-refractivity contribution in [3.8, 4) is 0 Å². The van der Waals surface area contributed by atoms with Crippen LogP contribution in [0.4, 0.5) is 0 Å². The molecule has 61 heavy (non-hydrogen) atoms. The second-order valence-corrected chi connectivity index (χ2v) is 15.2. The molecule has 2 amide bonds. The molecule has 4 rings (SSSR count). The Kier molecular flexibility index (Phi) is 19.3. The summed E-state index contributed by atoms with van der Waals surface area (Å²) in [7, 11) is 0. The lowest BCUT2D eigenvalue weighted by molar-refractivity contribution is -0.387. The average molecular weight is 897 g/mol. The van der Waals surface area contributed by atoms with E-state index in [-0.39, 0.29) is 0 Å². The van der Waals surface area contributed by atoms with Crippen LogP contribution in [0.3, 0.4) is 0 Å². The normalized spacial score (nSPS) is 44.1. The maximum Gasteiger partial charge on any atom is 0.217 e. The molecule has 27 heteroatoms. The molecule has 4 saturated heterocycles. The van der Waals surface area contributed by atoms with Crippen molar-refractivity contribution in [3.63, 3.8) is 0 Å². The summed E-state index contributed by atoms with van der Waals surface area (Å²) >= 11 is 0. The van der Waals surface area contributed by atoms with Crippen molar-refractivity contribution in [1.29, 1.82) is 0 Å². The molecule has 0 saturated carbocycles. The van der Waals surface area contributed by atoms with Crippen molar-refractivity contribution in [2.24, 2.45) is 0 Å². The number of carbonyl (C=O) groups excluding carboxylic acids is 2. The molecule has 17 N–H and O–H groups in total. The second-order valence-electron chi connectivity index (χ2n) is 15.2. The Morgan fingerprint density at radius 2 is 1.08 bits per heavy atom. The fourth-order valence-corrected chi connectivity index (χ4v) is 7.35. The Morgan fingerprint density at radius 1 is 0.557 bits per heavy atom. The summed E-state index contributed by atoms with van der Waals surface area (Å²) in [6.45, 7) is -1.50. The monoisotopic (exact) mass is 896 g/mol. The summed E-state index contributed by atoms with van der Waals surface area (Å²) in [6.07, 6.45) is -41.0. The fraction of sp³-hybridized carbons (Fsp3) is 0.941. The zero-order chi connectivity index (χ0) is 45.6. The lowest BCUT2D eigenvalue weighted by atomic mass is 9.94. The second kappa shape index (κ2) is 22.8. The largest absolute Gasteiger partial charge is 0.394 e. The first-order valence-corrected chi connectivity index (χ1v) is 19.4. The summed E-state index contributed by atoms with van der Waals surface area (Å²) in [5.41, 5.74) is 0. The maximum atomic E-state index is 12.7. The van der Waals surface area contributed by atoms with Crippen LogP contribution in [0.1, 0.15) is 20.8 Å². The highest BCUT2D eigenvalue weighted by Crippen LogP contribution is 2.35. The van der Waals surface area contributed by atoms with E-state index >= 15 is 0 Å². The molecule has 0 spiro atoms. The van der Waals surface area contributed by atoms with E-state index in [0.717, 1.165) is 13.8 Å². The van der Waals surface area contributed by atoms with Crippen LogP contribution in [0.5, 0.6) is 0 Å². The minimum Gasteiger partial charge on any atom is -0.394 e. The first-order valence-electron chi connectivity index (χ1n) is 19.4. The van der Waals surface area contributed by atoms with Crippen molar-refractivity contribution < 1.29 is 124 Å². The van der Waals surface area contributed by atoms with Gasteiger partial charge in [-0.1, -0.05) is 0 Å². The zero-order valence-electron chi connectivity index (χ0n) is 33.2. The van der Waals surface area contributed by atoms with Gasteiger partial charge < -0.3 is 125 Å². The Morgan fingerprint density at radius 3 is 1.62 bits per heavy atom. The number of aliphatic hydroxyl groups is 15. The Balaban J connectivity index is 1.68. The van der Waals surface area contributed by atoms with Crippen LogP contribution in [0.2, 0.25) is 0 Å². The summed E-state index contributed by atoms with van der Waals surface area (Å²) in [4.78, 5) is 24.3. The Bertz CT molecular complexity index is 1380. The van der Waals surface area contributed by atoms with Gasteiger partial charge in [0.2, 0.25) is 11.8 Å². The van der Waals surface area contributed by atoms with Gasteiger partial charge in [-0.15, -0.1) is 0 Å². The molecule has 0 aromatic rings. The van der Waals surface area contributed by atoms with Crippen molar-refractivity contribution in [1.82, 2.24) is 10.6 Å². The van der Waals surface area contributed by atoms with E-state index in [2.05, 4.69) is 10.6 Å². The van der Waals surface area contributed by atoms with Gasteiger partial charge in [0.05, 0.1) is 45.2 Å². The van der Waals surface area contributed by atoms with E-state index in [1.807, 2.05) is 0 Å². The minimum atomic E-state index is -2.19. The van der Waals surface area contributed by atoms with Gasteiger partial charge in [0.15, 0.2) is 25.2 Å². The number of rotatable bonds is 18. The molecule has 356 valence electrons. The predicted octanol–water partition coefficient (Wildman–Crippen LogP) is -11.0. The topological polar surface area (TPSA) is 435 Å². The van der Waals surface area contributed by atoms with Gasteiger partial charge in [0.25, 0.3) is 0 Å². The number of hydrogen-bond donors (Lipinski definition) is 17. The number of nitrogens with one attached hydrogen (secondary N) is 2. The predicted molar refractivity (Wildman–Crippen MR) is 191 cm³/mol. The number of carbonyl (C=O) groups is 2. The summed E-state index contributed by atoms with van der Waals surface area (Å²) in [6, 6.07) is -3.26. The van der Waals surface area contributed by atoms with Gasteiger partial charge in [-0.2, -0.15) is 0 Å². The highest BCUT2D eigenvalue weighted by atomic mass is 16.8. The van der Waals surface area contributed by atoms with E-state index < -0.39 is 192 Å². The molecule has 0 radical (unpaired) electrons. The highest BCUT2D eigenvalue weighted by molar-refractivity contribution is 5.73. The van der Waals surface area contributed by atoms with Crippen LogP contribution < -0.4 is 10.6 Å². The molecule has 27 nitrogen and oxygen atoms in total. The van der Waals surface area contributed by atoms with Gasteiger partial charge in [-0.25, -0.2) is 0 Å². The van der Waals surface area contributed by atoms with Crippen LogP contribution in [0.25, 0.3) is 0 Å². The lowest BCUT2D eigenvalue weighted by Crippen LogP contribution is -2.70. The molecule has 4 aliphatic heterocycles. The van der Waals surface area contributed by atoms with E-state index in [4.69, 9.17) is 37.9 Å². The molecule has 0 aromatic heterocycles. The van der Waals surface area contributed by atoms with Crippen LogP contribution in [-0.2, 0) is 47.5 Å². The fourth-order valence-electron chi connectivity index (χ4n) is 7.35. The number of amides is 2. The van der Waals surface area contributed by atoms with Crippen molar-refractivity contribution in [3.05, 3.63) is 0 Å². The molecule has 0 unspecified atom stereocenters. The average Bonchev–Trinajstić information content (AvgIpc) is 3.22. The van der Waals surface area contributed by atoms with Crippen molar-refractivity contribution >= 4 is 11.8 Å². The first-order chi connectivity index (χ1) is 28.7. The van der Waals surface area contributed by atoms with Crippen LogP contribution in [-0.4, -0.2) is 269 Å². The van der Waals surface area contributed by atoms with E-state index in [0.29, 0.717) is 0 Å². The molecular formula is C34H60N2O25.